The van der Waals surface area contributed by atoms with Gasteiger partial charge in [-0.2, -0.15) is 0 Å². The van der Waals surface area contributed by atoms with Crippen molar-refractivity contribution in [2.24, 2.45) is 0 Å². The Labute approximate surface area is 218 Å². The third-order valence-corrected chi connectivity index (χ3v) is 8.99. The van der Waals surface area contributed by atoms with Crippen LogP contribution in [0.1, 0.15) is 0 Å². The molecule has 5 aromatic carbocycles. The van der Waals surface area contributed by atoms with Crippen LogP contribution >= 0.6 is 0 Å². The van der Waals surface area contributed by atoms with Gasteiger partial charge < -0.3 is 0 Å². The van der Waals surface area contributed by atoms with Gasteiger partial charge in [-0.1, -0.05) is 161 Å². The Morgan fingerprint density at radius 2 is 0.595 bits per heavy atom. The SMILES string of the molecule is c1ccc(-c2nc(-c3ccccc3)nc(-c3ccc([Si](c4ccccc4)c4ccccc4)cc3)n2)cc1. The van der Waals surface area contributed by atoms with E-state index in [4.69, 9.17) is 15.0 Å². The molecule has 0 amide bonds. The summed E-state index contributed by atoms with van der Waals surface area (Å²) in [6.45, 7) is 0. The summed E-state index contributed by atoms with van der Waals surface area (Å²) >= 11 is 0. The Balaban J connectivity index is 1.43. The van der Waals surface area contributed by atoms with Gasteiger partial charge in [-0.15, -0.1) is 0 Å². The molecule has 4 heteroatoms. The predicted octanol–water partition coefficient (Wildman–Crippen LogP) is 5.39. The molecule has 0 N–H and O–H groups in total. The third kappa shape index (κ3) is 5.01. The lowest BCUT2D eigenvalue weighted by atomic mass is 10.1. The molecule has 0 spiro atoms. The maximum Gasteiger partial charge on any atom is 0.164 e. The van der Waals surface area contributed by atoms with Crippen LogP contribution in [0.15, 0.2) is 146 Å². The van der Waals surface area contributed by atoms with E-state index in [1.807, 2.05) is 60.7 Å². The average Bonchev–Trinajstić information content (AvgIpc) is 2.99. The Kier molecular flexibility index (Phi) is 6.48. The van der Waals surface area contributed by atoms with E-state index in [2.05, 4.69) is 84.9 Å². The average molecular weight is 491 g/mol. The van der Waals surface area contributed by atoms with Gasteiger partial charge in [0.1, 0.15) is 0 Å². The number of rotatable bonds is 6. The number of hydrogen-bond donors (Lipinski definition) is 0. The molecule has 0 unspecified atom stereocenters. The Bertz CT molecular complexity index is 1490. The molecule has 1 aromatic heterocycles. The molecule has 0 saturated heterocycles. The highest BCUT2D eigenvalue weighted by Crippen LogP contribution is 2.24. The van der Waals surface area contributed by atoms with Crippen molar-refractivity contribution in [3.8, 4) is 34.2 Å². The molecule has 6 rings (SSSR count). The van der Waals surface area contributed by atoms with Crippen molar-refractivity contribution in [3.05, 3.63) is 146 Å². The van der Waals surface area contributed by atoms with Crippen molar-refractivity contribution in [2.45, 2.75) is 0 Å². The van der Waals surface area contributed by atoms with Crippen LogP contribution in [0.2, 0.25) is 0 Å². The van der Waals surface area contributed by atoms with Crippen molar-refractivity contribution in [1.29, 1.82) is 0 Å². The van der Waals surface area contributed by atoms with Crippen molar-refractivity contribution in [3.63, 3.8) is 0 Å². The van der Waals surface area contributed by atoms with Crippen LogP contribution < -0.4 is 15.6 Å². The first-order valence-electron chi connectivity index (χ1n) is 12.3. The smallest absolute Gasteiger partial charge is 0.164 e. The molecule has 1 heterocycles. The summed E-state index contributed by atoms with van der Waals surface area (Å²) < 4.78 is 0. The van der Waals surface area contributed by atoms with E-state index in [0.717, 1.165) is 16.7 Å². The summed E-state index contributed by atoms with van der Waals surface area (Å²) in [4.78, 5) is 14.6. The molecule has 3 nitrogen and oxygen atoms in total. The van der Waals surface area contributed by atoms with E-state index in [-0.39, 0.29) is 0 Å². The van der Waals surface area contributed by atoms with Gasteiger partial charge in [-0.05, 0) is 0 Å². The van der Waals surface area contributed by atoms with E-state index in [9.17, 15) is 0 Å². The molecule has 0 aliphatic carbocycles. The van der Waals surface area contributed by atoms with E-state index in [1.54, 1.807) is 0 Å². The summed E-state index contributed by atoms with van der Waals surface area (Å²) in [6, 6.07) is 50.5. The van der Waals surface area contributed by atoms with E-state index in [1.165, 1.54) is 15.6 Å². The molecule has 0 bridgehead atoms. The summed E-state index contributed by atoms with van der Waals surface area (Å²) in [5, 5.41) is 4.06. The summed E-state index contributed by atoms with van der Waals surface area (Å²) in [5.74, 6) is 2.02. The number of nitrogens with zero attached hydrogens (tertiary/aromatic N) is 3. The van der Waals surface area contributed by atoms with Crippen LogP contribution in [0, 0.1) is 0 Å². The lowest BCUT2D eigenvalue weighted by Gasteiger charge is -2.17. The fraction of sp³-hybridized carbons (Fsp3) is 0. The van der Waals surface area contributed by atoms with Gasteiger partial charge in [0.15, 0.2) is 26.3 Å². The second kappa shape index (κ2) is 10.5. The van der Waals surface area contributed by atoms with Crippen molar-refractivity contribution in [1.82, 2.24) is 15.0 Å². The molecule has 0 saturated carbocycles. The lowest BCUT2D eigenvalue weighted by Crippen LogP contribution is -2.51. The minimum absolute atomic E-state index is 0.673. The second-order valence-electron chi connectivity index (χ2n) is 8.72. The van der Waals surface area contributed by atoms with Gasteiger partial charge in [0.05, 0.1) is 0 Å². The van der Waals surface area contributed by atoms with Crippen molar-refractivity contribution in [2.75, 3.05) is 0 Å². The zero-order chi connectivity index (χ0) is 24.9. The first-order valence-corrected chi connectivity index (χ1v) is 13.8. The summed E-state index contributed by atoms with van der Waals surface area (Å²) in [7, 11) is -1.13. The molecule has 1 radical (unpaired) electrons. The van der Waals surface area contributed by atoms with Crippen molar-refractivity contribution >= 4 is 24.4 Å². The first-order chi connectivity index (χ1) is 18.3. The molecule has 0 fully saturated rings. The number of aromatic nitrogens is 3. The standard InChI is InChI=1S/C33H24N3Si/c1-5-13-25(14-6-1)31-34-32(26-15-7-2-8-16-26)36-33(35-31)27-21-23-30(24-22-27)37(28-17-9-3-10-18-28)29-19-11-4-12-20-29/h1-24H. The van der Waals surface area contributed by atoms with Crippen LogP contribution in [0.25, 0.3) is 34.2 Å². The minimum atomic E-state index is -1.13. The molecule has 0 aliphatic heterocycles. The number of hydrogen-bond acceptors (Lipinski definition) is 3. The molecule has 0 atom stereocenters. The fourth-order valence-electron chi connectivity index (χ4n) is 4.43. The van der Waals surface area contributed by atoms with E-state index in [0.29, 0.717) is 17.5 Å². The third-order valence-electron chi connectivity index (χ3n) is 6.26. The highest BCUT2D eigenvalue weighted by atomic mass is 28.3. The van der Waals surface area contributed by atoms with Gasteiger partial charge in [0.2, 0.25) is 0 Å². The molecule has 175 valence electrons. The van der Waals surface area contributed by atoms with E-state index < -0.39 is 8.80 Å². The Morgan fingerprint density at radius 1 is 0.297 bits per heavy atom. The Hall–Kier alpha value is -4.67. The van der Waals surface area contributed by atoms with Gasteiger partial charge in [0.25, 0.3) is 0 Å². The van der Waals surface area contributed by atoms with Gasteiger partial charge in [-0.25, -0.2) is 15.0 Å². The fourth-order valence-corrected chi connectivity index (χ4v) is 6.98. The number of benzene rings is 5. The van der Waals surface area contributed by atoms with Gasteiger partial charge in [0, 0.05) is 16.7 Å². The first kappa shape index (κ1) is 22.8. The predicted molar refractivity (Wildman–Crippen MR) is 154 cm³/mol. The highest BCUT2D eigenvalue weighted by molar-refractivity contribution is 6.95. The van der Waals surface area contributed by atoms with Crippen LogP contribution in [0.3, 0.4) is 0 Å². The normalized spacial score (nSPS) is 10.9. The van der Waals surface area contributed by atoms with Crippen LogP contribution in [-0.2, 0) is 0 Å². The molecule has 37 heavy (non-hydrogen) atoms. The summed E-state index contributed by atoms with van der Waals surface area (Å²) in [5.41, 5.74) is 2.92. The van der Waals surface area contributed by atoms with Crippen molar-refractivity contribution < 1.29 is 0 Å². The molecular formula is C33H24N3Si. The zero-order valence-electron chi connectivity index (χ0n) is 20.2. The lowest BCUT2D eigenvalue weighted by molar-refractivity contribution is 1.07. The van der Waals surface area contributed by atoms with E-state index >= 15 is 0 Å². The molecule has 6 aromatic rings. The maximum atomic E-state index is 4.88. The zero-order valence-corrected chi connectivity index (χ0v) is 21.2. The van der Waals surface area contributed by atoms with Crippen LogP contribution in [-0.4, -0.2) is 23.7 Å². The minimum Gasteiger partial charge on any atom is -0.208 e. The summed E-state index contributed by atoms with van der Waals surface area (Å²) in [6.07, 6.45) is 0. The van der Waals surface area contributed by atoms with Crippen LogP contribution in [0.5, 0.6) is 0 Å². The Morgan fingerprint density at radius 3 is 0.973 bits per heavy atom. The maximum absolute atomic E-state index is 4.88. The monoisotopic (exact) mass is 490 g/mol. The molecule has 0 aliphatic rings. The second-order valence-corrected chi connectivity index (χ2v) is 11.2. The largest absolute Gasteiger partial charge is 0.208 e. The molecular weight excluding hydrogens is 466 g/mol. The highest BCUT2D eigenvalue weighted by Gasteiger charge is 2.20. The topological polar surface area (TPSA) is 38.7 Å². The van der Waals surface area contributed by atoms with Gasteiger partial charge >= 0.3 is 0 Å². The van der Waals surface area contributed by atoms with Crippen LogP contribution in [0.4, 0.5) is 0 Å². The quantitative estimate of drug-likeness (QED) is 0.232. The van der Waals surface area contributed by atoms with Gasteiger partial charge in [-0.3, -0.25) is 0 Å².